The average molecular weight is 313 g/mol. The van der Waals surface area contributed by atoms with Gasteiger partial charge in [-0.2, -0.15) is 18.4 Å². The van der Waals surface area contributed by atoms with Gasteiger partial charge in [0, 0.05) is 45.5 Å². The normalized spacial score (nSPS) is 16.6. The van der Waals surface area contributed by atoms with Gasteiger partial charge in [0.2, 0.25) is 0 Å². The lowest BCUT2D eigenvalue weighted by molar-refractivity contribution is -0.137. The van der Waals surface area contributed by atoms with Gasteiger partial charge in [-0.1, -0.05) is 0 Å². The molecule has 0 spiro atoms. The molecular formula is C15H18F3N3O. The van der Waals surface area contributed by atoms with Gasteiger partial charge in [0.1, 0.15) is 0 Å². The van der Waals surface area contributed by atoms with E-state index < -0.39 is 11.7 Å². The van der Waals surface area contributed by atoms with E-state index in [2.05, 4.69) is 4.90 Å². The molecule has 0 saturated carbocycles. The van der Waals surface area contributed by atoms with Crippen LogP contribution in [0.15, 0.2) is 18.2 Å². The van der Waals surface area contributed by atoms with Crippen molar-refractivity contribution in [1.82, 2.24) is 4.90 Å². The van der Waals surface area contributed by atoms with Crippen LogP contribution in [0.3, 0.4) is 0 Å². The largest absolute Gasteiger partial charge is 0.417 e. The summed E-state index contributed by atoms with van der Waals surface area (Å²) in [5.41, 5.74) is -0.693. The van der Waals surface area contributed by atoms with E-state index in [0.717, 1.165) is 25.7 Å². The van der Waals surface area contributed by atoms with E-state index in [4.69, 9.17) is 10.00 Å². The molecule has 7 heteroatoms. The third-order valence-electron chi connectivity index (χ3n) is 3.78. The lowest BCUT2D eigenvalue weighted by Crippen LogP contribution is -2.47. The van der Waals surface area contributed by atoms with E-state index in [0.29, 0.717) is 25.4 Å². The topological polar surface area (TPSA) is 39.5 Å². The van der Waals surface area contributed by atoms with E-state index in [9.17, 15) is 13.2 Å². The predicted molar refractivity (Wildman–Crippen MR) is 76.7 cm³/mol. The van der Waals surface area contributed by atoms with Crippen LogP contribution >= 0.6 is 0 Å². The zero-order chi connectivity index (χ0) is 16.2. The fourth-order valence-electron chi connectivity index (χ4n) is 2.51. The molecule has 1 heterocycles. The maximum Gasteiger partial charge on any atom is 0.417 e. The first-order valence-corrected chi connectivity index (χ1v) is 7.03. The number of alkyl halides is 3. The smallest absolute Gasteiger partial charge is 0.383 e. The summed E-state index contributed by atoms with van der Waals surface area (Å²) in [4.78, 5) is 4.13. The highest BCUT2D eigenvalue weighted by atomic mass is 19.4. The van der Waals surface area contributed by atoms with Gasteiger partial charge in [-0.05, 0) is 18.2 Å². The molecule has 1 aromatic rings. The third-order valence-corrected chi connectivity index (χ3v) is 3.78. The molecule has 2 rings (SSSR count). The molecule has 0 unspecified atom stereocenters. The standard InChI is InChI=1S/C15H18F3N3O/c1-22-9-8-20-4-6-21(7-5-20)13-3-2-12(11-19)14(10-13)15(16,17)18/h2-3,10H,4-9H2,1H3. The van der Waals surface area contributed by atoms with Crippen molar-refractivity contribution in [3.8, 4) is 6.07 Å². The first-order valence-electron chi connectivity index (χ1n) is 7.03. The van der Waals surface area contributed by atoms with Crippen molar-refractivity contribution in [3.63, 3.8) is 0 Å². The van der Waals surface area contributed by atoms with Crippen LogP contribution in [0.5, 0.6) is 0 Å². The minimum atomic E-state index is -4.51. The predicted octanol–water partition coefficient (Wildman–Crippen LogP) is 2.35. The van der Waals surface area contributed by atoms with Crippen molar-refractivity contribution in [2.24, 2.45) is 0 Å². The summed E-state index contributed by atoms with van der Waals surface area (Å²) in [6.45, 7) is 4.36. The molecule has 0 amide bonds. The first kappa shape index (κ1) is 16.6. The number of halogens is 3. The number of nitrogens with zero attached hydrogens (tertiary/aromatic N) is 3. The number of rotatable bonds is 4. The van der Waals surface area contributed by atoms with Crippen LogP contribution in [0.2, 0.25) is 0 Å². The number of hydrogen-bond donors (Lipinski definition) is 0. The molecule has 0 aromatic heterocycles. The minimum absolute atomic E-state index is 0.338. The second-order valence-corrected chi connectivity index (χ2v) is 5.16. The van der Waals surface area contributed by atoms with Gasteiger partial charge in [-0.25, -0.2) is 0 Å². The zero-order valence-electron chi connectivity index (χ0n) is 12.4. The molecular weight excluding hydrogens is 295 g/mol. The molecule has 1 fully saturated rings. The summed E-state index contributed by atoms with van der Waals surface area (Å²) < 4.78 is 44.0. The van der Waals surface area contributed by atoms with Crippen molar-refractivity contribution < 1.29 is 17.9 Å². The number of piperazine rings is 1. The Bertz CT molecular complexity index is 546. The second kappa shape index (κ2) is 6.99. The molecule has 22 heavy (non-hydrogen) atoms. The average Bonchev–Trinajstić information content (AvgIpc) is 2.52. The SMILES string of the molecule is COCCN1CCN(c2ccc(C#N)c(C(F)(F)F)c2)CC1. The summed E-state index contributed by atoms with van der Waals surface area (Å²) in [7, 11) is 1.64. The van der Waals surface area contributed by atoms with Gasteiger partial charge in [-0.3, -0.25) is 4.90 Å². The summed E-state index contributed by atoms with van der Waals surface area (Å²) in [5, 5.41) is 8.82. The lowest BCUT2D eigenvalue weighted by Gasteiger charge is -2.36. The van der Waals surface area contributed by atoms with Crippen molar-refractivity contribution in [3.05, 3.63) is 29.3 Å². The zero-order valence-corrected chi connectivity index (χ0v) is 12.4. The van der Waals surface area contributed by atoms with E-state index in [1.54, 1.807) is 19.2 Å². The Kier molecular flexibility index (Phi) is 5.27. The number of hydrogen-bond acceptors (Lipinski definition) is 4. The van der Waals surface area contributed by atoms with E-state index in [-0.39, 0.29) is 5.56 Å². The quantitative estimate of drug-likeness (QED) is 0.855. The van der Waals surface area contributed by atoms with E-state index in [1.807, 2.05) is 4.90 Å². The molecule has 0 bridgehead atoms. The Balaban J connectivity index is 2.10. The molecule has 0 aliphatic carbocycles. The number of ether oxygens (including phenoxy) is 1. The van der Waals surface area contributed by atoms with Crippen LogP contribution in [0.25, 0.3) is 0 Å². The number of benzene rings is 1. The summed E-state index contributed by atoms with van der Waals surface area (Å²) in [5.74, 6) is 0. The van der Waals surface area contributed by atoms with Gasteiger partial charge in [-0.15, -0.1) is 0 Å². The van der Waals surface area contributed by atoms with Crippen molar-refractivity contribution in [2.75, 3.05) is 51.3 Å². The molecule has 4 nitrogen and oxygen atoms in total. The third kappa shape index (κ3) is 3.90. The van der Waals surface area contributed by atoms with Gasteiger partial charge in [0.15, 0.2) is 0 Å². The maximum absolute atomic E-state index is 13.0. The Hall–Kier alpha value is -1.78. The molecule has 1 aliphatic heterocycles. The highest BCUT2D eigenvalue weighted by molar-refractivity contribution is 5.55. The Morgan fingerprint density at radius 2 is 1.91 bits per heavy atom. The van der Waals surface area contributed by atoms with E-state index in [1.165, 1.54) is 6.07 Å². The van der Waals surface area contributed by atoms with Crippen LogP contribution in [0.1, 0.15) is 11.1 Å². The number of nitriles is 1. The maximum atomic E-state index is 13.0. The number of methoxy groups -OCH3 is 1. The summed E-state index contributed by atoms with van der Waals surface area (Å²) in [6, 6.07) is 5.50. The van der Waals surface area contributed by atoms with Crippen molar-refractivity contribution in [2.45, 2.75) is 6.18 Å². The summed E-state index contributed by atoms with van der Waals surface area (Å²) in [6.07, 6.45) is -4.51. The molecule has 1 aliphatic rings. The monoisotopic (exact) mass is 313 g/mol. The molecule has 1 saturated heterocycles. The van der Waals surface area contributed by atoms with Gasteiger partial charge >= 0.3 is 6.18 Å². The Morgan fingerprint density at radius 3 is 2.45 bits per heavy atom. The Labute approximate surface area is 127 Å². The van der Waals surface area contributed by atoms with Crippen LogP contribution in [0, 0.1) is 11.3 Å². The summed E-state index contributed by atoms with van der Waals surface area (Å²) >= 11 is 0. The second-order valence-electron chi connectivity index (χ2n) is 5.16. The fraction of sp³-hybridized carbons (Fsp3) is 0.533. The van der Waals surface area contributed by atoms with Gasteiger partial charge < -0.3 is 9.64 Å². The van der Waals surface area contributed by atoms with E-state index >= 15 is 0 Å². The minimum Gasteiger partial charge on any atom is -0.383 e. The van der Waals surface area contributed by atoms with Crippen LogP contribution in [-0.4, -0.2) is 51.3 Å². The molecule has 120 valence electrons. The molecule has 0 atom stereocenters. The lowest BCUT2D eigenvalue weighted by atomic mass is 10.1. The van der Waals surface area contributed by atoms with Crippen molar-refractivity contribution in [1.29, 1.82) is 5.26 Å². The van der Waals surface area contributed by atoms with Gasteiger partial charge in [0.25, 0.3) is 0 Å². The van der Waals surface area contributed by atoms with Crippen LogP contribution in [0.4, 0.5) is 18.9 Å². The van der Waals surface area contributed by atoms with Crippen LogP contribution < -0.4 is 4.90 Å². The number of anilines is 1. The molecule has 1 aromatic carbocycles. The molecule has 0 radical (unpaired) electrons. The highest BCUT2D eigenvalue weighted by Gasteiger charge is 2.34. The fourth-order valence-corrected chi connectivity index (χ4v) is 2.51. The van der Waals surface area contributed by atoms with Crippen LogP contribution in [-0.2, 0) is 10.9 Å². The van der Waals surface area contributed by atoms with Gasteiger partial charge in [0.05, 0.1) is 23.8 Å². The highest BCUT2D eigenvalue weighted by Crippen LogP contribution is 2.34. The first-order chi connectivity index (χ1) is 10.5. The molecule has 0 N–H and O–H groups in total. The Morgan fingerprint density at radius 1 is 1.23 bits per heavy atom. The van der Waals surface area contributed by atoms with Crippen molar-refractivity contribution >= 4 is 5.69 Å².